The number of nitrogens with zero attached hydrogens (tertiary/aromatic N) is 4. The molecule has 4 heterocycles. The van der Waals surface area contributed by atoms with Crippen LogP contribution in [0, 0.1) is 5.92 Å². The summed E-state index contributed by atoms with van der Waals surface area (Å²) in [5.74, 6) is -0.433. The zero-order valence-electron chi connectivity index (χ0n) is 16.1. The molecule has 0 spiro atoms. The molecule has 8 heteroatoms. The van der Waals surface area contributed by atoms with E-state index in [2.05, 4.69) is 5.16 Å². The third-order valence-electron chi connectivity index (χ3n) is 5.72. The number of aromatic nitrogens is 1. The van der Waals surface area contributed by atoms with Crippen LogP contribution >= 0.6 is 0 Å². The maximum Gasteiger partial charge on any atom is 0.241 e. The number of hydrogen-bond donors (Lipinski definition) is 0. The van der Waals surface area contributed by atoms with E-state index in [9.17, 15) is 14.4 Å². The molecule has 3 aliphatic rings. The van der Waals surface area contributed by atoms with Crippen molar-refractivity contribution in [2.24, 2.45) is 5.92 Å². The highest BCUT2D eigenvalue weighted by atomic mass is 16.5. The van der Waals surface area contributed by atoms with E-state index < -0.39 is 0 Å². The number of likely N-dealkylation sites (N-methyl/N-ethyl adjacent to an activating group) is 1. The fraction of sp³-hybridized carbons (Fsp3) is 0.500. The lowest BCUT2D eigenvalue weighted by Gasteiger charge is -2.35. The minimum atomic E-state index is -0.244. The summed E-state index contributed by atoms with van der Waals surface area (Å²) in [6, 6.07) is 7.34. The second-order valence-electron chi connectivity index (χ2n) is 7.78. The van der Waals surface area contributed by atoms with Gasteiger partial charge in [0.1, 0.15) is 12.2 Å². The second kappa shape index (κ2) is 7.26. The number of hydrogen-bond acceptors (Lipinski definition) is 5. The fourth-order valence-electron chi connectivity index (χ4n) is 4.06. The summed E-state index contributed by atoms with van der Waals surface area (Å²) in [6.45, 7) is 0.928. The molecule has 28 heavy (non-hydrogen) atoms. The lowest BCUT2D eigenvalue weighted by atomic mass is 9.94. The largest absolute Gasteiger partial charge is 0.356 e. The van der Waals surface area contributed by atoms with E-state index in [0.717, 1.165) is 18.2 Å². The zero-order chi connectivity index (χ0) is 19.8. The third kappa shape index (κ3) is 3.34. The van der Waals surface area contributed by atoms with Crippen molar-refractivity contribution in [2.45, 2.75) is 25.3 Å². The highest BCUT2D eigenvalue weighted by molar-refractivity contribution is 5.89. The van der Waals surface area contributed by atoms with E-state index in [-0.39, 0.29) is 42.6 Å². The SMILES string of the molecule is CN(C)C(=O)CN1C(=O)[C@H]2CC[C@@H]1CN(C(=O)Cc1noc3ccccc13)C2. The average molecular weight is 384 g/mol. The summed E-state index contributed by atoms with van der Waals surface area (Å²) in [6.07, 6.45) is 1.71. The number of piperidine rings is 1. The molecular weight excluding hydrogens is 360 g/mol. The van der Waals surface area contributed by atoms with Crippen molar-refractivity contribution >= 4 is 28.7 Å². The van der Waals surface area contributed by atoms with Gasteiger partial charge in [-0.1, -0.05) is 17.3 Å². The van der Waals surface area contributed by atoms with Crippen molar-refractivity contribution in [2.75, 3.05) is 33.7 Å². The number of amides is 3. The van der Waals surface area contributed by atoms with Gasteiger partial charge in [-0.15, -0.1) is 0 Å². The van der Waals surface area contributed by atoms with Gasteiger partial charge in [0.2, 0.25) is 17.7 Å². The molecule has 3 aliphatic heterocycles. The number of rotatable bonds is 4. The van der Waals surface area contributed by atoms with Crippen molar-refractivity contribution in [3.05, 3.63) is 30.0 Å². The molecule has 0 aliphatic carbocycles. The summed E-state index contributed by atoms with van der Waals surface area (Å²) in [4.78, 5) is 42.8. The van der Waals surface area contributed by atoms with E-state index >= 15 is 0 Å². The lowest BCUT2D eigenvalue weighted by Crippen LogP contribution is -2.51. The molecule has 8 nitrogen and oxygen atoms in total. The van der Waals surface area contributed by atoms with Crippen LogP contribution in [0.25, 0.3) is 11.0 Å². The molecule has 3 fully saturated rings. The normalized spacial score (nSPS) is 21.9. The number of para-hydroxylation sites is 1. The Morgan fingerprint density at radius 1 is 1.21 bits per heavy atom. The van der Waals surface area contributed by atoms with Crippen LogP contribution in [0.3, 0.4) is 0 Å². The second-order valence-corrected chi connectivity index (χ2v) is 7.78. The zero-order valence-corrected chi connectivity index (χ0v) is 16.1. The first-order valence-corrected chi connectivity index (χ1v) is 9.55. The fourth-order valence-corrected chi connectivity index (χ4v) is 4.06. The van der Waals surface area contributed by atoms with Gasteiger partial charge in [-0.2, -0.15) is 0 Å². The predicted octanol–water partition coefficient (Wildman–Crippen LogP) is 0.908. The first-order valence-electron chi connectivity index (χ1n) is 9.55. The molecule has 2 aromatic rings. The van der Waals surface area contributed by atoms with Gasteiger partial charge in [-0.3, -0.25) is 14.4 Å². The van der Waals surface area contributed by atoms with Gasteiger partial charge < -0.3 is 19.2 Å². The molecule has 0 N–H and O–H groups in total. The minimum absolute atomic E-state index is 0.0198. The van der Waals surface area contributed by atoms with Crippen molar-refractivity contribution in [3.8, 4) is 0 Å². The first-order chi connectivity index (χ1) is 13.4. The Morgan fingerprint density at radius 2 is 2.00 bits per heavy atom. The Morgan fingerprint density at radius 3 is 2.79 bits per heavy atom. The molecule has 0 radical (unpaired) electrons. The highest BCUT2D eigenvalue weighted by Crippen LogP contribution is 2.29. The summed E-state index contributed by atoms with van der Waals surface area (Å²) in [5.41, 5.74) is 1.27. The molecule has 2 bridgehead atoms. The maximum atomic E-state index is 13.0. The maximum absolute atomic E-state index is 13.0. The summed E-state index contributed by atoms with van der Waals surface area (Å²) in [7, 11) is 3.36. The number of fused-ring (bicyclic) bond motifs is 5. The molecule has 3 saturated heterocycles. The van der Waals surface area contributed by atoms with Crippen molar-refractivity contribution < 1.29 is 18.9 Å². The van der Waals surface area contributed by atoms with Crippen LogP contribution in [-0.4, -0.2) is 77.3 Å². The van der Waals surface area contributed by atoms with E-state index in [0.29, 0.717) is 24.4 Å². The van der Waals surface area contributed by atoms with Crippen LogP contribution in [0.2, 0.25) is 0 Å². The quantitative estimate of drug-likeness (QED) is 0.782. The molecule has 1 aromatic heterocycles. The Hall–Kier alpha value is -2.90. The Labute approximate surface area is 163 Å². The monoisotopic (exact) mass is 384 g/mol. The van der Waals surface area contributed by atoms with Crippen LogP contribution in [0.15, 0.2) is 28.8 Å². The lowest BCUT2D eigenvalue weighted by molar-refractivity contribution is -0.145. The van der Waals surface area contributed by atoms with E-state index in [1.54, 1.807) is 23.9 Å². The molecule has 2 atom stereocenters. The average Bonchev–Trinajstić information content (AvgIpc) is 2.88. The Kier molecular flexibility index (Phi) is 4.78. The first kappa shape index (κ1) is 18.5. The van der Waals surface area contributed by atoms with Gasteiger partial charge >= 0.3 is 0 Å². The summed E-state index contributed by atoms with van der Waals surface area (Å²) < 4.78 is 5.29. The molecule has 5 rings (SSSR count). The standard InChI is InChI=1S/C20H24N4O4/c1-22(2)19(26)12-24-14-8-7-13(20(24)27)10-23(11-14)18(25)9-16-15-5-3-4-6-17(15)28-21-16/h3-6,13-14H,7-12H2,1-2H3/t13-,14+/m0/s1. The topological polar surface area (TPSA) is 87.0 Å². The van der Waals surface area contributed by atoms with Gasteiger partial charge in [0.05, 0.1) is 12.3 Å². The molecule has 0 saturated carbocycles. The number of carbonyl (C=O) groups is 3. The van der Waals surface area contributed by atoms with Crippen LogP contribution in [0.4, 0.5) is 0 Å². The van der Waals surface area contributed by atoms with Gasteiger partial charge in [0.15, 0.2) is 5.58 Å². The van der Waals surface area contributed by atoms with Crippen LogP contribution < -0.4 is 0 Å². The predicted molar refractivity (Wildman–Crippen MR) is 101 cm³/mol. The molecular formula is C20H24N4O4. The third-order valence-corrected chi connectivity index (χ3v) is 5.72. The molecule has 3 amide bonds. The molecule has 0 unspecified atom stereocenters. The summed E-state index contributed by atoms with van der Waals surface area (Å²) in [5, 5.41) is 4.88. The Balaban J connectivity index is 1.50. The van der Waals surface area contributed by atoms with Gasteiger partial charge in [0.25, 0.3) is 0 Å². The van der Waals surface area contributed by atoms with E-state index in [4.69, 9.17) is 4.52 Å². The van der Waals surface area contributed by atoms with Crippen LogP contribution in [-0.2, 0) is 20.8 Å². The van der Waals surface area contributed by atoms with Crippen molar-refractivity contribution in [1.82, 2.24) is 19.9 Å². The highest BCUT2D eigenvalue weighted by Gasteiger charge is 2.42. The van der Waals surface area contributed by atoms with E-state index in [1.807, 2.05) is 24.3 Å². The van der Waals surface area contributed by atoms with Crippen molar-refractivity contribution in [1.29, 1.82) is 0 Å². The molecule has 148 valence electrons. The Bertz CT molecular complexity index is 922. The van der Waals surface area contributed by atoms with Crippen LogP contribution in [0.1, 0.15) is 18.5 Å². The minimum Gasteiger partial charge on any atom is -0.356 e. The summed E-state index contributed by atoms with van der Waals surface area (Å²) >= 11 is 0. The van der Waals surface area contributed by atoms with Gasteiger partial charge in [0, 0.05) is 38.6 Å². The number of carbonyl (C=O) groups excluding carboxylic acids is 3. The molecule has 1 aromatic carbocycles. The van der Waals surface area contributed by atoms with Crippen LogP contribution in [0.5, 0.6) is 0 Å². The van der Waals surface area contributed by atoms with E-state index in [1.165, 1.54) is 4.90 Å². The number of benzene rings is 1. The van der Waals surface area contributed by atoms with Crippen molar-refractivity contribution in [3.63, 3.8) is 0 Å². The van der Waals surface area contributed by atoms with Gasteiger partial charge in [-0.05, 0) is 25.0 Å². The smallest absolute Gasteiger partial charge is 0.241 e. The van der Waals surface area contributed by atoms with Gasteiger partial charge in [-0.25, -0.2) is 0 Å².